The van der Waals surface area contributed by atoms with Gasteiger partial charge in [0.25, 0.3) is 0 Å². The highest BCUT2D eigenvalue weighted by molar-refractivity contribution is 7.07. The van der Waals surface area contributed by atoms with Gasteiger partial charge < -0.3 is 15.6 Å². The Hall–Kier alpha value is -1.73. The van der Waals surface area contributed by atoms with Crippen molar-refractivity contribution in [2.45, 2.75) is 39.4 Å². The van der Waals surface area contributed by atoms with Crippen LogP contribution >= 0.6 is 11.3 Å². The molecule has 0 radical (unpaired) electrons. The molecule has 0 spiro atoms. The Balaban J connectivity index is 2.05. The van der Waals surface area contributed by atoms with Crippen LogP contribution in [-0.4, -0.2) is 15.5 Å². The topological polar surface area (TPSA) is 69.8 Å². The van der Waals surface area contributed by atoms with Crippen molar-refractivity contribution in [3.8, 4) is 0 Å². The second-order valence-corrected chi connectivity index (χ2v) is 6.61. The summed E-state index contributed by atoms with van der Waals surface area (Å²) in [5.41, 5.74) is 1.19. The summed E-state index contributed by atoms with van der Waals surface area (Å²) in [4.78, 5) is 17.6. The second kappa shape index (κ2) is 6.36. The van der Waals surface area contributed by atoms with Crippen LogP contribution in [0.3, 0.4) is 0 Å². The smallest absolute Gasteiger partial charge is 0.304 e. The van der Waals surface area contributed by atoms with E-state index in [0.29, 0.717) is 24.3 Å². The zero-order chi connectivity index (χ0) is 15.5. The molecule has 2 aromatic heterocycles. The molecule has 0 bridgehead atoms. The predicted octanol–water partition coefficient (Wildman–Crippen LogP) is 2.47. The molecule has 3 N–H and O–H groups in total. The van der Waals surface area contributed by atoms with Crippen LogP contribution in [0, 0.1) is 5.82 Å². The first-order valence-electron chi connectivity index (χ1n) is 6.64. The Morgan fingerprint density at radius 3 is 2.76 bits per heavy atom. The number of H-pyrrole nitrogens is 1. The standard InChI is InChI=1S/C14H19FN4OS/c1-14(2,3)18-6-9-4-5-16-12(11(9)15)17-7-10-8-21-13(20)19-10/h4-5,8,18H,6-7H2,1-3H3,(H,16,17)(H,19,20). The van der Waals surface area contributed by atoms with Crippen molar-refractivity contribution in [3.05, 3.63) is 44.4 Å². The van der Waals surface area contributed by atoms with Gasteiger partial charge in [-0.1, -0.05) is 11.3 Å². The molecule has 2 heterocycles. The third kappa shape index (κ3) is 4.64. The lowest BCUT2D eigenvalue weighted by Gasteiger charge is -2.21. The molecule has 2 rings (SSSR count). The van der Waals surface area contributed by atoms with E-state index in [2.05, 4.69) is 20.6 Å². The fraction of sp³-hybridized carbons (Fsp3) is 0.429. The highest BCUT2D eigenvalue weighted by Crippen LogP contribution is 2.16. The molecule has 0 unspecified atom stereocenters. The first kappa shape index (κ1) is 15.7. The number of anilines is 1. The van der Waals surface area contributed by atoms with Crippen molar-refractivity contribution < 1.29 is 4.39 Å². The normalized spacial score (nSPS) is 11.6. The van der Waals surface area contributed by atoms with Crippen LogP contribution in [0.5, 0.6) is 0 Å². The summed E-state index contributed by atoms with van der Waals surface area (Å²) in [6.07, 6.45) is 1.57. The van der Waals surface area contributed by atoms with E-state index in [0.717, 1.165) is 11.3 Å². The number of nitrogens with zero attached hydrogens (tertiary/aromatic N) is 1. The molecule has 5 nitrogen and oxygen atoms in total. The maximum atomic E-state index is 14.3. The van der Waals surface area contributed by atoms with Gasteiger partial charge in [0.2, 0.25) is 0 Å². The molecule has 0 aliphatic carbocycles. The maximum Gasteiger partial charge on any atom is 0.304 e. The van der Waals surface area contributed by atoms with E-state index in [1.807, 2.05) is 20.8 Å². The van der Waals surface area contributed by atoms with Gasteiger partial charge in [0.15, 0.2) is 11.6 Å². The van der Waals surface area contributed by atoms with Gasteiger partial charge in [0.1, 0.15) is 0 Å². The van der Waals surface area contributed by atoms with Gasteiger partial charge >= 0.3 is 4.87 Å². The molecule has 0 atom stereocenters. The average Bonchev–Trinajstić information content (AvgIpc) is 2.81. The molecule has 2 aromatic rings. The van der Waals surface area contributed by atoms with E-state index in [1.54, 1.807) is 17.6 Å². The molecule has 0 saturated carbocycles. The highest BCUT2D eigenvalue weighted by Gasteiger charge is 2.13. The Morgan fingerprint density at radius 1 is 1.38 bits per heavy atom. The Kier molecular flexibility index (Phi) is 4.74. The number of halogens is 1. The van der Waals surface area contributed by atoms with E-state index >= 15 is 0 Å². The predicted molar refractivity (Wildman–Crippen MR) is 83.1 cm³/mol. The molecule has 21 heavy (non-hydrogen) atoms. The highest BCUT2D eigenvalue weighted by atomic mass is 32.1. The summed E-state index contributed by atoms with van der Waals surface area (Å²) in [5.74, 6) is -0.179. The lowest BCUT2D eigenvalue weighted by molar-refractivity contribution is 0.418. The first-order valence-corrected chi connectivity index (χ1v) is 7.52. The minimum absolute atomic E-state index is 0.0839. The van der Waals surface area contributed by atoms with Crippen LogP contribution in [0.25, 0.3) is 0 Å². The maximum absolute atomic E-state index is 14.3. The molecule has 0 aliphatic heterocycles. The summed E-state index contributed by atoms with van der Waals surface area (Å²) < 4.78 is 14.3. The van der Waals surface area contributed by atoms with Crippen molar-refractivity contribution in [2.24, 2.45) is 0 Å². The van der Waals surface area contributed by atoms with Crippen LogP contribution in [0.15, 0.2) is 22.4 Å². The number of aromatic amines is 1. The lowest BCUT2D eigenvalue weighted by Crippen LogP contribution is -2.35. The first-order chi connectivity index (χ1) is 9.85. The minimum atomic E-state index is -0.369. The number of hydrogen-bond donors (Lipinski definition) is 3. The minimum Gasteiger partial charge on any atom is -0.362 e. The largest absolute Gasteiger partial charge is 0.362 e. The molecule has 7 heteroatoms. The van der Waals surface area contributed by atoms with Gasteiger partial charge in [0, 0.05) is 34.9 Å². The molecule has 0 saturated heterocycles. The lowest BCUT2D eigenvalue weighted by atomic mass is 10.1. The fourth-order valence-electron chi connectivity index (χ4n) is 1.68. The van der Waals surface area contributed by atoms with Gasteiger partial charge in [-0.2, -0.15) is 0 Å². The van der Waals surface area contributed by atoms with Crippen LogP contribution < -0.4 is 15.5 Å². The summed E-state index contributed by atoms with van der Waals surface area (Å²) in [6.45, 7) is 6.84. The SMILES string of the molecule is CC(C)(C)NCc1ccnc(NCc2csc(=O)[nH]2)c1F. The molecule has 114 valence electrons. The molecule has 0 aliphatic rings. The molecule has 0 fully saturated rings. The number of hydrogen-bond acceptors (Lipinski definition) is 5. The quantitative estimate of drug-likeness (QED) is 0.793. The summed E-state index contributed by atoms with van der Waals surface area (Å²) in [7, 11) is 0. The van der Waals surface area contributed by atoms with Gasteiger partial charge in [0.05, 0.1) is 6.54 Å². The molecule has 0 aromatic carbocycles. The van der Waals surface area contributed by atoms with Gasteiger partial charge in [-0.25, -0.2) is 9.37 Å². The van der Waals surface area contributed by atoms with Crippen LogP contribution in [0.4, 0.5) is 10.2 Å². The van der Waals surface area contributed by atoms with E-state index in [1.165, 1.54) is 0 Å². The van der Waals surface area contributed by atoms with Crippen molar-refractivity contribution in [1.82, 2.24) is 15.3 Å². The van der Waals surface area contributed by atoms with E-state index < -0.39 is 0 Å². The molecular weight excluding hydrogens is 291 g/mol. The Morgan fingerprint density at radius 2 is 2.14 bits per heavy atom. The molecule has 0 amide bonds. The van der Waals surface area contributed by atoms with Crippen LogP contribution in [0.1, 0.15) is 32.0 Å². The van der Waals surface area contributed by atoms with E-state index in [4.69, 9.17) is 0 Å². The van der Waals surface area contributed by atoms with Crippen LogP contribution in [-0.2, 0) is 13.1 Å². The monoisotopic (exact) mass is 310 g/mol. The summed E-state index contributed by atoms with van der Waals surface area (Å²) >= 11 is 1.08. The number of nitrogens with one attached hydrogen (secondary N) is 3. The van der Waals surface area contributed by atoms with Crippen molar-refractivity contribution >= 4 is 17.2 Å². The number of aromatic nitrogens is 2. The van der Waals surface area contributed by atoms with Crippen LogP contribution in [0.2, 0.25) is 0 Å². The molecular formula is C14H19FN4OS. The van der Waals surface area contributed by atoms with Crippen molar-refractivity contribution in [2.75, 3.05) is 5.32 Å². The summed E-state index contributed by atoms with van der Waals surface area (Å²) in [5, 5.41) is 7.85. The van der Waals surface area contributed by atoms with Crippen molar-refractivity contribution in [3.63, 3.8) is 0 Å². The van der Waals surface area contributed by atoms with Gasteiger partial charge in [-0.15, -0.1) is 0 Å². The number of thiazole rings is 1. The van der Waals surface area contributed by atoms with Crippen molar-refractivity contribution in [1.29, 1.82) is 0 Å². The zero-order valence-corrected chi connectivity index (χ0v) is 13.1. The second-order valence-electron chi connectivity index (χ2n) is 5.76. The Bertz CT molecular complexity index is 659. The third-order valence-electron chi connectivity index (χ3n) is 2.80. The Labute approximate surface area is 126 Å². The number of pyridine rings is 1. The van der Waals surface area contributed by atoms with E-state index in [-0.39, 0.29) is 22.0 Å². The fourth-order valence-corrected chi connectivity index (χ4v) is 2.26. The van der Waals surface area contributed by atoms with E-state index in [9.17, 15) is 9.18 Å². The van der Waals surface area contributed by atoms with Gasteiger partial charge in [-0.3, -0.25) is 4.79 Å². The average molecular weight is 310 g/mol. The zero-order valence-electron chi connectivity index (χ0n) is 12.3. The third-order valence-corrected chi connectivity index (χ3v) is 3.51. The number of rotatable bonds is 5. The summed E-state index contributed by atoms with van der Waals surface area (Å²) in [6, 6.07) is 1.66. The van der Waals surface area contributed by atoms with Gasteiger partial charge in [-0.05, 0) is 26.8 Å².